The molecule has 0 spiro atoms. The molecule has 4 rings (SSSR count). The molecule has 0 amide bonds. The summed E-state index contributed by atoms with van der Waals surface area (Å²) in [5, 5.41) is 0.132. The third-order valence-electron chi connectivity index (χ3n) is 6.63. The van der Waals surface area contributed by atoms with Gasteiger partial charge in [-0.05, 0) is 35.7 Å². The van der Waals surface area contributed by atoms with Gasteiger partial charge in [0, 0.05) is 24.1 Å². The summed E-state index contributed by atoms with van der Waals surface area (Å²) in [5.41, 5.74) is 1.64. The molecule has 0 radical (unpaired) electrons. The second kappa shape index (κ2) is 6.15. The molecule has 1 N–H and O–H groups in total. The summed E-state index contributed by atoms with van der Waals surface area (Å²) >= 11 is 0. The van der Waals surface area contributed by atoms with E-state index in [4.69, 9.17) is 9.16 Å². The van der Waals surface area contributed by atoms with Crippen molar-refractivity contribution >= 4 is 8.32 Å². The van der Waals surface area contributed by atoms with Crippen molar-refractivity contribution in [1.82, 2.24) is 9.55 Å². The molecule has 0 saturated heterocycles. The Bertz CT molecular complexity index is 934. The van der Waals surface area contributed by atoms with Crippen LogP contribution in [0.4, 0.5) is 0 Å². The predicted octanol–water partition coefficient (Wildman–Crippen LogP) is 2.96. The van der Waals surface area contributed by atoms with Crippen LogP contribution in [0.15, 0.2) is 45.2 Å². The molecule has 2 bridgehead atoms. The van der Waals surface area contributed by atoms with Gasteiger partial charge in [-0.2, -0.15) is 0 Å². The number of hydrogen-bond donors (Lipinski definition) is 1. The molecule has 2 aliphatic carbocycles. The molecule has 6 nitrogen and oxygen atoms in total. The van der Waals surface area contributed by atoms with Gasteiger partial charge in [0.25, 0.3) is 5.56 Å². The highest BCUT2D eigenvalue weighted by molar-refractivity contribution is 6.74. The lowest BCUT2D eigenvalue weighted by Gasteiger charge is -2.37. The number of aromatic nitrogens is 2. The quantitative estimate of drug-likeness (QED) is 0.636. The van der Waals surface area contributed by atoms with Crippen LogP contribution in [0.5, 0.6) is 0 Å². The van der Waals surface area contributed by atoms with Gasteiger partial charge >= 0.3 is 5.69 Å². The number of aromatic amines is 1. The van der Waals surface area contributed by atoms with Crippen molar-refractivity contribution in [2.75, 3.05) is 6.61 Å². The Kier molecular flexibility index (Phi) is 4.25. The van der Waals surface area contributed by atoms with Gasteiger partial charge in [0.1, 0.15) is 6.10 Å². The number of nitrogens with zero attached hydrogens (tertiary/aromatic N) is 1. The fraction of sp³-hybridized carbons (Fsp3) is 0.600. The van der Waals surface area contributed by atoms with Crippen LogP contribution < -0.4 is 11.2 Å². The van der Waals surface area contributed by atoms with Crippen LogP contribution in [0.3, 0.4) is 0 Å². The number of rotatable bonds is 4. The van der Waals surface area contributed by atoms with Crippen molar-refractivity contribution in [2.24, 2.45) is 11.8 Å². The number of H-pyrrole nitrogens is 1. The predicted molar refractivity (Wildman–Crippen MR) is 106 cm³/mol. The summed E-state index contributed by atoms with van der Waals surface area (Å²) in [6.45, 7) is 11.7. The third-order valence-corrected chi connectivity index (χ3v) is 11.1. The monoisotopic (exact) mass is 388 g/mol. The smallest absolute Gasteiger partial charge is 0.330 e. The normalized spacial score (nSPS) is 29.7. The minimum absolute atomic E-state index is 0.132. The average molecular weight is 389 g/mol. The van der Waals surface area contributed by atoms with Crippen molar-refractivity contribution in [2.45, 2.75) is 57.7 Å². The summed E-state index contributed by atoms with van der Waals surface area (Å²) in [5.74, 6) is 0.688. The molecule has 1 aromatic heterocycles. The van der Waals surface area contributed by atoms with E-state index in [1.807, 2.05) is 0 Å². The van der Waals surface area contributed by atoms with Crippen molar-refractivity contribution in [3.63, 3.8) is 0 Å². The Morgan fingerprint density at radius 2 is 1.89 bits per heavy atom. The zero-order valence-electron chi connectivity index (χ0n) is 16.6. The topological polar surface area (TPSA) is 73.3 Å². The third kappa shape index (κ3) is 3.01. The summed E-state index contributed by atoms with van der Waals surface area (Å²) in [6.07, 6.45) is 6.45. The first kappa shape index (κ1) is 18.7. The van der Waals surface area contributed by atoms with E-state index >= 15 is 0 Å². The molecule has 1 aliphatic heterocycles. The van der Waals surface area contributed by atoms with E-state index in [2.05, 4.69) is 51.0 Å². The maximum Gasteiger partial charge on any atom is 0.330 e. The lowest BCUT2D eigenvalue weighted by Crippen LogP contribution is -2.43. The maximum absolute atomic E-state index is 12.3. The highest BCUT2D eigenvalue weighted by Crippen LogP contribution is 2.54. The van der Waals surface area contributed by atoms with E-state index in [1.54, 1.807) is 0 Å². The molecule has 7 heteroatoms. The average Bonchev–Trinajstić information content (AvgIpc) is 3.24. The van der Waals surface area contributed by atoms with E-state index in [9.17, 15) is 9.59 Å². The van der Waals surface area contributed by atoms with Gasteiger partial charge in [0.15, 0.2) is 14.5 Å². The highest BCUT2D eigenvalue weighted by Gasteiger charge is 2.49. The van der Waals surface area contributed by atoms with E-state index < -0.39 is 25.8 Å². The zero-order valence-corrected chi connectivity index (χ0v) is 17.6. The fourth-order valence-corrected chi connectivity index (χ4v) is 5.10. The molecule has 27 heavy (non-hydrogen) atoms. The SMILES string of the molecule is CC(C)(C)[Si](C)(C)OC[C@H]1O[C@@H](n2ccc(=O)[nH]c2=O)C2=C1[C@H]1C=C[C@@H]2C1. The van der Waals surface area contributed by atoms with Gasteiger partial charge in [-0.25, -0.2) is 4.79 Å². The number of hydrogen-bond acceptors (Lipinski definition) is 4. The van der Waals surface area contributed by atoms with Gasteiger partial charge in [0.05, 0.1) is 6.61 Å². The van der Waals surface area contributed by atoms with Crippen molar-refractivity contribution in [3.8, 4) is 0 Å². The van der Waals surface area contributed by atoms with E-state index in [0.29, 0.717) is 18.4 Å². The van der Waals surface area contributed by atoms with E-state index in [-0.39, 0.29) is 11.1 Å². The number of ether oxygens (including phenoxy) is 1. The first-order valence-electron chi connectivity index (χ1n) is 9.61. The number of fused-ring (bicyclic) bond motifs is 4. The van der Waals surface area contributed by atoms with Crippen LogP contribution in [-0.2, 0) is 9.16 Å². The molecule has 146 valence electrons. The van der Waals surface area contributed by atoms with E-state index in [0.717, 1.165) is 6.42 Å². The minimum Gasteiger partial charge on any atom is -0.414 e. The van der Waals surface area contributed by atoms with Gasteiger partial charge in [-0.3, -0.25) is 14.3 Å². The van der Waals surface area contributed by atoms with Crippen LogP contribution in [-0.4, -0.2) is 30.6 Å². The summed E-state index contributed by atoms with van der Waals surface area (Å²) in [4.78, 5) is 26.1. The second-order valence-electron chi connectivity index (χ2n) is 9.31. The first-order chi connectivity index (χ1) is 12.6. The van der Waals surface area contributed by atoms with Crippen LogP contribution in [0.2, 0.25) is 18.1 Å². The largest absolute Gasteiger partial charge is 0.414 e. The Morgan fingerprint density at radius 1 is 1.22 bits per heavy atom. The first-order valence-corrected chi connectivity index (χ1v) is 12.5. The van der Waals surface area contributed by atoms with Crippen molar-refractivity contribution < 1.29 is 9.16 Å². The molecule has 0 aromatic carbocycles. The fourth-order valence-electron chi connectivity index (χ4n) is 4.10. The van der Waals surface area contributed by atoms with Crippen molar-refractivity contribution in [3.05, 3.63) is 56.4 Å². The number of nitrogens with one attached hydrogen (secondary N) is 1. The zero-order chi connectivity index (χ0) is 19.6. The summed E-state index contributed by atoms with van der Waals surface area (Å²) in [7, 11) is -1.89. The van der Waals surface area contributed by atoms with Crippen LogP contribution in [0.1, 0.15) is 33.4 Å². The van der Waals surface area contributed by atoms with Gasteiger partial charge in [-0.1, -0.05) is 32.9 Å². The van der Waals surface area contributed by atoms with Crippen molar-refractivity contribution in [1.29, 1.82) is 0 Å². The maximum atomic E-state index is 12.3. The molecule has 2 heterocycles. The molecule has 0 saturated carbocycles. The molecular weight excluding hydrogens is 360 g/mol. The Morgan fingerprint density at radius 3 is 2.52 bits per heavy atom. The van der Waals surface area contributed by atoms with Gasteiger partial charge < -0.3 is 9.16 Å². The molecule has 0 fully saturated rings. The van der Waals surface area contributed by atoms with Gasteiger partial charge in [-0.15, -0.1) is 0 Å². The summed E-state index contributed by atoms with van der Waals surface area (Å²) < 4.78 is 14.3. The number of allylic oxidation sites excluding steroid dienone is 2. The Labute approximate surface area is 160 Å². The molecule has 3 aliphatic rings. The molecule has 0 unspecified atom stereocenters. The summed E-state index contributed by atoms with van der Waals surface area (Å²) in [6, 6.07) is 1.37. The highest BCUT2D eigenvalue weighted by atomic mass is 28.4. The standard InChI is InChI=1S/C20H28N2O4Si/c1-20(2,3)27(4,5)25-11-14-16-12-6-7-13(10-12)17(16)18(26-14)22-9-8-15(23)21-19(22)24/h6-9,12-14,18H,10-11H2,1-5H3,(H,21,23,24)/t12-,13+,14+,18+/m0/s1. The molecular formula is C20H28N2O4Si. The van der Waals surface area contributed by atoms with Crippen LogP contribution >= 0.6 is 0 Å². The lowest BCUT2D eigenvalue weighted by atomic mass is 9.94. The van der Waals surface area contributed by atoms with Crippen LogP contribution in [0, 0.1) is 11.8 Å². The van der Waals surface area contributed by atoms with Crippen LogP contribution in [0.25, 0.3) is 0 Å². The van der Waals surface area contributed by atoms with E-state index in [1.165, 1.54) is 28.0 Å². The van der Waals surface area contributed by atoms with Gasteiger partial charge in [0.2, 0.25) is 0 Å². The second-order valence-corrected chi connectivity index (χ2v) is 14.1. The molecule has 4 atom stereocenters. The lowest BCUT2D eigenvalue weighted by molar-refractivity contribution is -0.0217. The Balaban J connectivity index is 1.63. The Hall–Kier alpha value is -1.70. The molecule has 1 aromatic rings. The minimum atomic E-state index is -1.89.